The standard InChI is InChI=1S/C26H32O13/c1-3-14-15(8-9-36-20(29)7-5-13-4-6-17(28)18(10-13)35-2)16(24(33)34)12-37-25(14)39-26-23(32)22(31)21(30)19(11-27)38-26/h3-7,10,12,14-15,19,21-23,25-28,30-32H,1,8-9,11H2,2H3,(H,33,34)/b7-5+/t14-,15+,19-,21-,22+,23-,25+,26+/m1/s1. The summed E-state index contributed by atoms with van der Waals surface area (Å²) in [6.45, 7) is 2.88. The Morgan fingerprint density at radius 1 is 1.13 bits per heavy atom. The van der Waals surface area contributed by atoms with Crippen LogP contribution in [0.1, 0.15) is 12.0 Å². The Labute approximate surface area is 223 Å². The summed E-state index contributed by atoms with van der Waals surface area (Å²) in [6.07, 6.45) is -3.89. The van der Waals surface area contributed by atoms with Gasteiger partial charge in [0.05, 0.1) is 32.2 Å². The molecule has 3 rings (SSSR count). The molecular weight excluding hydrogens is 520 g/mol. The number of carbonyl (C=O) groups is 2. The highest BCUT2D eigenvalue weighted by atomic mass is 16.8. The highest BCUT2D eigenvalue weighted by molar-refractivity contribution is 5.88. The molecule has 1 saturated heterocycles. The number of rotatable bonds is 11. The Morgan fingerprint density at radius 3 is 2.51 bits per heavy atom. The monoisotopic (exact) mass is 552 g/mol. The van der Waals surface area contributed by atoms with Gasteiger partial charge in [-0.3, -0.25) is 0 Å². The van der Waals surface area contributed by atoms with Crippen molar-refractivity contribution in [3.8, 4) is 11.5 Å². The number of ether oxygens (including phenoxy) is 5. The Hall–Kier alpha value is -3.46. The van der Waals surface area contributed by atoms with E-state index >= 15 is 0 Å². The number of carboxylic acid groups (broad SMARTS) is 1. The van der Waals surface area contributed by atoms with Crippen LogP contribution in [0, 0.1) is 11.8 Å². The number of hydrogen-bond acceptors (Lipinski definition) is 12. The Morgan fingerprint density at radius 2 is 1.87 bits per heavy atom. The molecule has 214 valence electrons. The number of carboxylic acids is 1. The molecular formula is C26H32O13. The number of aromatic hydroxyl groups is 1. The first-order chi connectivity index (χ1) is 18.6. The first-order valence-corrected chi connectivity index (χ1v) is 12.0. The largest absolute Gasteiger partial charge is 0.504 e. The van der Waals surface area contributed by atoms with Gasteiger partial charge in [-0.2, -0.15) is 0 Å². The summed E-state index contributed by atoms with van der Waals surface area (Å²) in [5.41, 5.74) is 0.443. The number of aliphatic hydroxyl groups excluding tert-OH is 4. The molecule has 2 heterocycles. The van der Waals surface area contributed by atoms with Crippen molar-refractivity contribution in [2.45, 2.75) is 43.4 Å². The number of aliphatic hydroxyl groups is 4. The fourth-order valence-electron chi connectivity index (χ4n) is 4.28. The molecule has 0 bridgehead atoms. The van der Waals surface area contributed by atoms with E-state index in [9.17, 15) is 40.2 Å². The average Bonchev–Trinajstić information content (AvgIpc) is 2.92. The van der Waals surface area contributed by atoms with Gasteiger partial charge in [-0.15, -0.1) is 6.58 Å². The molecule has 1 aromatic carbocycles. The van der Waals surface area contributed by atoms with Crippen molar-refractivity contribution in [1.29, 1.82) is 0 Å². The summed E-state index contributed by atoms with van der Waals surface area (Å²) >= 11 is 0. The van der Waals surface area contributed by atoms with Gasteiger partial charge in [0.15, 0.2) is 17.8 Å². The number of methoxy groups -OCH3 is 1. The maximum atomic E-state index is 12.2. The molecule has 0 radical (unpaired) electrons. The normalized spacial score (nSPS) is 30.7. The van der Waals surface area contributed by atoms with Gasteiger partial charge in [0.25, 0.3) is 0 Å². The average molecular weight is 553 g/mol. The van der Waals surface area contributed by atoms with E-state index in [1.54, 1.807) is 6.07 Å². The van der Waals surface area contributed by atoms with Crippen LogP contribution in [0.3, 0.4) is 0 Å². The fourth-order valence-corrected chi connectivity index (χ4v) is 4.28. The maximum absolute atomic E-state index is 12.2. The van der Waals surface area contributed by atoms with E-state index in [0.29, 0.717) is 5.56 Å². The third-order valence-corrected chi connectivity index (χ3v) is 6.43. The lowest BCUT2D eigenvalue weighted by atomic mass is 9.82. The van der Waals surface area contributed by atoms with Gasteiger partial charge in [0.1, 0.15) is 24.4 Å². The molecule has 0 saturated carbocycles. The van der Waals surface area contributed by atoms with E-state index in [-0.39, 0.29) is 30.1 Å². The lowest BCUT2D eigenvalue weighted by molar-refractivity contribution is -0.339. The molecule has 13 nitrogen and oxygen atoms in total. The molecule has 8 atom stereocenters. The van der Waals surface area contributed by atoms with Crippen LogP contribution in [0.5, 0.6) is 11.5 Å². The van der Waals surface area contributed by atoms with E-state index in [1.165, 1.54) is 37.5 Å². The number of phenols is 1. The summed E-state index contributed by atoms with van der Waals surface area (Å²) in [4.78, 5) is 24.1. The van der Waals surface area contributed by atoms with E-state index in [2.05, 4.69) is 6.58 Å². The van der Waals surface area contributed by atoms with Gasteiger partial charge in [-0.25, -0.2) is 9.59 Å². The molecule has 2 aliphatic heterocycles. The van der Waals surface area contributed by atoms with Crippen LogP contribution >= 0.6 is 0 Å². The van der Waals surface area contributed by atoms with Crippen LogP contribution in [-0.2, 0) is 28.5 Å². The summed E-state index contributed by atoms with van der Waals surface area (Å²) in [5, 5.41) is 59.0. The number of benzene rings is 1. The van der Waals surface area contributed by atoms with Gasteiger partial charge in [-0.05, 0) is 30.2 Å². The summed E-state index contributed by atoms with van der Waals surface area (Å²) in [5.74, 6) is -3.39. The Bertz CT molecular complexity index is 1080. The topological polar surface area (TPSA) is 202 Å². The Kier molecular flexibility index (Phi) is 10.5. The van der Waals surface area contributed by atoms with Crippen LogP contribution in [0.25, 0.3) is 6.08 Å². The zero-order valence-corrected chi connectivity index (χ0v) is 21.0. The van der Waals surface area contributed by atoms with Gasteiger partial charge >= 0.3 is 11.9 Å². The minimum absolute atomic E-state index is 0.0410. The van der Waals surface area contributed by atoms with Gasteiger partial charge in [0, 0.05) is 17.9 Å². The van der Waals surface area contributed by atoms with Crippen LogP contribution in [0.2, 0.25) is 0 Å². The van der Waals surface area contributed by atoms with Crippen molar-refractivity contribution in [3.63, 3.8) is 0 Å². The molecule has 39 heavy (non-hydrogen) atoms. The van der Waals surface area contributed by atoms with Crippen molar-refractivity contribution in [1.82, 2.24) is 0 Å². The molecule has 0 unspecified atom stereocenters. The number of phenolic OH excluding ortho intramolecular Hbond substituents is 1. The lowest BCUT2D eigenvalue weighted by Crippen LogP contribution is -2.60. The van der Waals surface area contributed by atoms with Gasteiger partial charge < -0.3 is 54.3 Å². The SMILES string of the molecule is C=C[C@H]1[C@H](O[C@@H]2O[C@H](CO)[C@@H](O)[C@H](O)[C@H]2O)OC=C(C(=O)O)[C@H]1CCOC(=O)/C=C/c1ccc(O)c(OC)c1. The second kappa shape index (κ2) is 13.6. The molecule has 0 aliphatic carbocycles. The van der Waals surface area contributed by atoms with Crippen molar-refractivity contribution >= 4 is 18.0 Å². The van der Waals surface area contributed by atoms with Gasteiger partial charge in [0.2, 0.25) is 6.29 Å². The highest BCUT2D eigenvalue weighted by Crippen LogP contribution is 2.36. The van der Waals surface area contributed by atoms with Crippen molar-refractivity contribution in [3.05, 3.63) is 54.3 Å². The quantitative estimate of drug-likeness (QED) is 0.121. The van der Waals surface area contributed by atoms with Gasteiger partial charge in [-0.1, -0.05) is 12.1 Å². The number of esters is 1. The number of carbonyl (C=O) groups excluding carboxylic acids is 1. The molecule has 1 fully saturated rings. The molecule has 2 aliphatic rings. The fraction of sp³-hybridized carbons (Fsp3) is 0.462. The van der Waals surface area contributed by atoms with Crippen molar-refractivity contribution in [2.75, 3.05) is 20.3 Å². The van der Waals surface area contributed by atoms with E-state index < -0.39 is 67.4 Å². The molecule has 0 spiro atoms. The predicted octanol–water partition coefficient (Wildman–Crippen LogP) is -0.0930. The minimum Gasteiger partial charge on any atom is -0.504 e. The summed E-state index contributed by atoms with van der Waals surface area (Å²) in [7, 11) is 1.39. The lowest BCUT2D eigenvalue weighted by Gasteiger charge is -2.43. The Balaban J connectivity index is 1.65. The van der Waals surface area contributed by atoms with Crippen LogP contribution in [-0.4, -0.2) is 99.9 Å². The predicted molar refractivity (Wildman–Crippen MR) is 132 cm³/mol. The first kappa shape index (κ1) is 30.1. The smallest absolute Gasteiger partial charge is 0.334 e. The zero-order valence-electron chi connectivity index (χ0n) is 21.0. The van der Waals surface area contributed by atoms with Crippen LogP contribution in [0.15, 0.2) is 48.8 Å². The van der Waals surface area contributed by atoms with E-state index in [0.717, 1.165) is 6.26 Å². The third-order valence-electron chi connectivity index (χ3n) is 6.43. The highest BCUT2D eigenvalue weighted by Gasteiger charge is 2.47. The second-order valence-electron chi connectivity index (χ2n) is 8.86. The van der Waals surface area contributed by atoms with Crippen molar-refractivity contribution in [2.24, 2.45) is 11.8 Å². The minimum atomic E-state index is -1.69. The van der Waals surface area contributed by atoms with Crippen molar-refractivity contribution < 1.29 is 63.9 Å². The maximum Gasteiger partial charge on any atom is 0.334 e. The number of aliphatic carboxylic acids is 1. The molecule has 1 aromatic rings. The molecule has 0 amide bonds. The van der Waals surface area contributed by atoms with Crippen LogP contribution < -0.4 is 4.74 Å². The molecule has 6 N–H and O–H groups in total. The van der Waals surface area contributed by atoms with E-state index in [1.807, 2.05) is 0 Å². The second-order valence-corrected chi connectivity index (χ2v) is 8.86. The first-order valence-electron chi connectivity index (χ1n) is 12.0. The summed E-state index contributed by atoms with van der Waals surface area (Å²) < 4.78 is 26.7. The van der Waals surface area contributed by atoms with E-state index in [4.69, 9.17) is 23.7 Å². The zero-order chi connectivity index (χ0) is 28.7. The molecule has 0 aromatic heterocycles. The van der Waals surface area contributed by atoms with Crippen LogP contribution in [0.4, 0.5) is 0 Å². The number of hydrogen-bond donors (Lipinski definition) is 6. The summed E-state index contributed by atoms with van der Waals surface area (Å²) in [6, 6.07) is 4.50. The third kappa shape index (κ3) is 7.15. The molecule has 13 heteroatoms.